The highest BCUT2D eigenvalue weighted by Gasteiger charge is 2.32. The molecule has 1 heterocycles. The average molecular weight is 431 g/mol. The Labute approximate surface area is 187 Å². The quantitative estimate of drug-likeness (QED) is 0.570. The molecule has 31 heavy (non-hydrogen) atoms. The van der Waals surface area contributed by atoms with Gasteiger partial charge in [-0.2, -0.15) is 0 Å². The highest BCUT2D eigenvalue weighted by Crippen LogP contribution is 2.39. The first kappa shape index (κ1) is 21.2. The molecule has 1 N–H and O–H groups in total. The van der Waals surface area contributed by atoms with Crippen molar-refractivity contribution in [3.63, 3.8) is 0 Å². The van der Waals surface area contributed by atoms with Crippen LogP contribution in [0.15, 0.2) is 66.7 Å². The third kappa shape index (κ3) is 4.67. The van der Waals surface area contributed by atoms with E-state index in [0.717, 1.165) is 27.9 Å². The molecule has 1 fully saturated rings. The second kappa shape index (κ2) is 8.98. The number of carbonyl (C=O) groups excluding carboxylic acids is 2. The Morgan fingerprint density at radius 3 is 2.29 bits per heavy atom. The maximum absolute atomic E-state index is 12.8. The Hall–Kier alpha value is -3.05. The Morgan fingerprint density at radius 2 is 1.65 bits per heavy atom. The molecular formula is C26H26N2O2S. The molecule has 0 aliphatic carbocycles. The van der Waals surface area contributed by atoms with E-state index in [2.05, 4.69) is 24.4 Å². The normalized spacial score (nSPS) is 15.9. The van der Waals surface area contributed by atoms with Gasteiger partial charge in [-0.25, -0.2) is 0 Å². The average Bonchev–Trinajstić information content (AvgIpc) is 3.11. The summed E-state index contributed by atoms with van der Waals surface area (Å²) >= 11 is 1.63. The van der Waals surface area contributed by atoms with Crippen LogP contribution < -0.4 is 5.32 Å². The molecule has 0 bridgehead atoms. The number of nitrogens with one attached hydrogen (secondary N) is 1. The van der Waals surface area contributed by atoms with Crippen LogP contribution in [0.4, 0.5) is 5.69 Å². The molecule has 0 radical (unpaired) electrons. The molecule has 0 aromatic heterocycles. The van der Waals surface area contributed by atoms with Crippen LogP contribution in [0.2, 0.25) is 0 Å². The highest BCUT2D eigenvalue weighted by molar-refractivity contribution is 8.00. The standard InChI is InChI=1S/C26H26N2O2S/c1-17-13-18(2)24(19(3)14-17)27-25(30)21-9-11-22(12-10-21)26-28(23(29)16-31-26)15-20-7-5-4-6-8-20/h4-14,26H,15-16H2,1-3H3,(H,27,30)/t26-/m1/s1. The van der Waals surface area contributed by atoms with Gasteiger partial charge in [0.05, 0.1) is 5.75 Å². The molecule has 158 valence electrons. The number of hydrogen-bond donors (Lipinski definition) is 1. The number of hydrogen-bond acceptors (Lipinski definition) is 3. The van der Waals surface area contributed by atoms with Crippen LogP contribution in [0, 0.1) is 20.8 Å². The van der Waals surface area contributed by atoms with Crippen LogP contribution in [0.1, 0.15) is 43.5 Å². The fraction of sp³-hybridized carbons (Fsp3) is 0.231. The second-order valence-electron chi connectivity index (χ2n) is 8.02. The molecule has 1 saturated heterocycles. The SMILES string of the molecule is Cc1cc(C)c(NC(=O)c2ccc([C@H]3SCC(=O)N3Cc3ccccc3)cc2)c(C)c1. The van der Waals surface area contributed by atoms with Crippen molar-refractivity contribution in [2.75, 3.05) is 11.1 Å². The fourth-order valence-electron chi connectivity index (χ4n) is 4.04. The van der Waals surface area contributed by atoms with Crippen molar-refractivity contribution in [3.05, 3.63) is 100 Å². The van der Waals surface area contributed by atoms with E-state index in [-0.39, 0.29) is 17.2 Å². The van der Waals surface area contributed by atoms with Gasteiger partial charge in [-0.3, -0.25) is 9.59 Å². The molecule has 1 aliphatic heterocycles. The molecule has 2 amide bonds. The summed E-state index contributed by atoms with van der Waals surface area (Å²) in [5.41, 5.74) is 6.91. The number of nitrogens with zero attached hydrogens (tertiary/aromatic N) is 1. The Balaban J connectivity index is 1.50. The van der Waals surface area contributed by atoms with Gasteiger partial charge in [0.25, 0.3) is 5.91 Å². The summed E-state index contributed by atoms with van der Waals surface area (Å²) in [5.74, 6) is 0.495. The van der Waals surface area contributed by atoms with Gasteiger partial charge in [-0.05, 0) is 55.2 Å². The summed E-state index contributed by atoms with van der Waals surface area (Å²) in [6.07, 6.45) is 0. The molecule has 3 aromatic carbocycles. The van der Waals surface area contributed by atoms with E-state index < -0.39 is 0 Å². The molecule has 4 nitrogen and oxygen atoms in total. The predicted molar refractivity (Wildman–Crippen MR) is 127 cm³/mol. The second-order valence-corrected chi connectivity index (χ2v) is 9.09. The van der Waals surface area contributed by atoms with Crippen molar-refractivity contribution in [3.8, 4) is 0 Å². The molecule has 1 atom stereocenters. The van der Waals surface area contributed by atoms with Gasteiger partial charge in [-0.1, -0.05) is 60.2 Å². The number of amides is 2. The summed E-state index contributed by atoms with van der Waals surface area (Å²) in [7, 11) is 0. The number of aryl methyl sites for hydroxylation is 3. The maximum atomic E-state index is 12.8. The van der Waals surface area contributed by atoms with Gasteiger partial charge >= 0.3 is 0 Å². The van der Waals surface area contributed by atoms with Crippen molar-refractivity contribution in [1.29, 1.82) is 0 Å². The highest BCUT2D eigenvalue weighted by atomic mass is 32.2. The van der Waals surface area contributed by atoms with Gasteiger partial charge < -0.3 is 10.2 Å². The minimum absolute atomic E-state index is 0.0357. The van der Waals surface area contributed by atoms with Crippen LogP contribution in [0.25, 0.3) is 0 Å². The topological polar surface area (TPSA) is 49.4 Å². The smallest absolute Gasteiger partial charge is 0.255 e. The van der Waals surface area contributed by atoms with Gasteiger partial charge in [-0.15, -0.1) is 11.8 Å². The maximum Gasteiger partial charge on any atom is 0.255 e. The zero-order valence-electron chi connectivity index (χ0n) is 18.0. The van der Waals surface area contributed by atoms with E-state index in [9.17, 15) is 9.59 Å². The van der Waals surface area contributed by atoms with Crippen LogP contribution in [0.5, 0.6) is 0 Å². The summed E-state index contributed by atoms with van der Waals surface area (Å²) in [6, 6.07) is 21.8. The molecule has 3 aromatic rings. The van der Waals surface area contributed by atoms with Gasteiger partial charge in [0.1, 0.15) is 5.37 Å². The van der Waals surface area contributed by atoms with Crippen molar-refractivity contribution < 1.29 is 9.59 Å². The lowest BCUT2D eigenvalue weighted by molar-refractivity contribution is -0.128. The summed E-state index contributed by atoms with van der Waals surface area (Å²) in [5, 5.41) is 3.02. The zero-order chi connectivity index (χ0) is 22.0. The van der Waals surface area contributed by atoms with Crippen LogP contribution >= 0.6 is 11.8 Å². The number of rotatable bonds is 5. The Bertz CT molecular complexity index is 1090. The van der Waals surface area contributed by atoms with E-state index in [1.165, 1.54) is 5.56 Å². The van der Waals surface area contributed by atoms with E-state index in [0.29, 0.717) is 17.9 Å². The minimum Gasteiger partial charge on any atom is -0.322 e. The lowest BCUT2D eigenvalue weighted by Gasteiger charge is -2.24. The molecule has 5 heteroatoms. The summed E-state index contributed by atoms with van der Waals surface area (Å²) in [4.78, 5) is 27.2. The minimum atomic E-state index is -0.127. The van der Waals surface area contributed by atoms with E-state index in [1.807, 2.05) is 73.3 Å². The summed E-state index contributed by atoms with van der Waals surface area (Å²) < 4.78 is 0. The van der Waals surface area contributed by atoms with Crippen LogP contribution in [0.3, 0.4) is 0 Å². The van der Waals surface area contributed by atoms with E-state index in [1.54, 1.807) is 11.8 Å². The van der Waals surface area contributed by atoms with Crippen molar-refractivity contribution in [2.24, 2.45) is 0 Å². The third-order valence-corrected chi connectivity index (χ3v) is 6.79. The molecule has 4 rings (SSSR count). The molecule has 0 saturated carbocycles. The third-order valence-electron chi connectivity index (χ3n) is 5.54. The predicted octanol–water partition coefficient (Wildman–Crippen LogP) is 5.64. The largest absolute Gasteiger partial charge is 0.322 e. The van der Waals surface area contributed by atoms with Crippen molar-refractivity contribution >= 4 is 29.3 Å². The van der Waals surface area contributed by atoms with Crippen LogP contribution in [-0.4, -0.2) is 22.5 Å². The zero-order valence-corrected chi connectivity index (χ0v) is 18.8. The first-order chi connectivity index (χ1) is 14.9. The van der Waals surface area contributed by atoms with Crippen molar-refractivity contribution in [1.82, 2.24) is 4.90 Å². The number of benzene rings is 3. The lowest BCUT2D eigenvalue weighted by atomic mass is 10.0. The molecule has 1 aliphatic rings. The van der Waals surface area contributed by atoms with Crippen LogP contribution in [-0.2, 0) is 11.3 Å². The lowest BCUT2D eigenvalue weighted by Crippen LogP contribution is -2.27. The number of thioether (sulfide) groups is 1. The number of anilines is 1. The van der Waals surface area contributed by atoms with Crippen molar-refractivity contribution in [2.45, 2.75) is 32.7 Å². The molecule has 0 spiro atoms. The fourth-order valence-corrected chi connectivity index (χ4v) is 5.23. The Kier molecular flexibility index (Phi) is 6.14. The summed E-state index contributed by atoms with van der Waals surface area (Å²) in [6.45, 7) is 6.66. The van der Waals surface area contributed by atoms with Gasteiger partial charge in [0.2, 0.25) is 5.91 Å². The molecule has 0 unspecified atom stereocenters. The first-order valence-electron chi connectivity index (χ1n) is 10.4. The van der Waals surface area contributed by atoms with E-state index in [4.69, 9.17) is 0 Å². The first-order valence-corrected chi connectivity index (χ1v) is 11.4. The van der Waals surface area contributed by atoms with Gasteiger partial charge in [0, 0.05) is 17.8 Å². The Morgan fingerprint density at radius 1 is 1.00 bits per heavy atom. The van der Waals surface area contributed by atoms with Gasteiger partial charge in [0.15, 0.2) is 0 Å². The number of carbonyl (C=O) groups is 2. The monoisotopic (exact) mass is 430 g/mol. The van der Waals surface area contributed by atoms with E-state index >= 15 is 0 Å². The molecular weight excluding hydrogens is 404 g/mol.